The fraction of sp³-hybridized carbons (Fsp3) is 0.583. The Labute approximate surface area is 110 Å². The van der Waals surface area contributed by atoms with E-state index in [0.717, 1.165) is 29.1 Å². The third kappa shape index (κ3) is 2.90. The van der Waals surface area contributed by atoms with E-state index >= 15 is 0 Å². The van der Waals surface area contributed by atoms with Crippen molar-refractivity contribution >= 4 is 21.7 Å². The fourth-order valence-electron chi connectivity index (χ4n) is 2.10. The molecule has 1 aromatic rings. The molecular formula is C12H17BrN2O2. The second-order valence-corrected chi connectivity index (χ2v) is 5.19. The molecule has 2 atom stereocenters. The lowest BCUT2D eigenvalue weighted by molar-refractivity contribution is -0.00547. The number of nitrogens with zero attached hydrogens (tertiary/aromatic N) is 2. The number of ether oxygens (including phenoxy) is 2. The maximum absolute atomic E-state index is 5.71. The number of pyridine rings is 1. The van der Waals surface area contributed by atoms with Gasteiger partial charge in [0, 0.05) is 25.4 Å². The Balaban J connectivity index is 2.21. The first-order valence-electron chi connectivity index (χ1n) is 5.70. The molecule has 0 saturated carbocycles. The predicted molar refractivity (Wildman–Crippen MR) is 70.7 cm³/mol. The Morgan fingerprint density at radius 1 is 1.41 bits per heavy atom. The number of halogens is 1. The molecule has 0 aliphatic carbocycles. The van der Waals surface area contributed by atoms with E-state index in [1.165, 1.54) is 0 Å². The molecule has 0 unspecified atom stereocenters. The van der Waals surface area contributed by atoms with Gasteiger partial charge in [0.15, 0.2) is 0 Å². The predicted octanol–water partition coefficient (Wildman–Crippen LogP) is 2.47. The van der Waals surface area contributed by atoms with Gasteiger partial charge in [-0.2, -0.15) is 0 Å². The summed E-state index contributed by atoms with van der Waals surface area (Å²) in [6.45, 7) is 5.89. The van der Waals surface area contributed by atoms with Crippen LogP contribution in [0.25, 0.3) is 0 Å². The number of morpholine rings is 1. The van der Waals surface area contributed by atoms with Crippen molar-refractivity contribution in [1.29, 1.82) is 0 Å². The quantitative estimate of drug-likeness (QED) is 0.840. The first-order chi connectivity index (χ1) is 8.10. The minimum atomic E-state index is 0.232. The van der Waals surface area contributed by atoms with Gasteiger partial charge in [-0.15, -0.1) is 0 Å². The zero-order valence-electron chi connectivity index (χ0n) is 10.3. The SMILES string of the molecule is COc1cc(N2C[C@@H](C)O[C@@H](C)C2)ncc1Br. The van der Waals surface area contributed by atoms with Gasteiger partial charge in [-0.1, -0.05) is 0 Å². The van der Waals surface area contributed by atoms with Crippen LogP contribution in [0.2, 0.25) is 0 Å². The van der Waals surface area contributed by atoms with E-state index < -0.39 is 0 Å². The number of rotatable bonds is 2. The molecule has 2 rings (SSSR count). The zero-order valence-corrected chi connectivity index (χ0v) is 11.9. The van der Waals surface area contributed by atoms with Crippen LogP contribution in [0.1, 0.15) is 13.8 Å². The molecule has 1 fully saturated rings. The van der Waals surface area contributed by atoms with Crippen molar-refractivity contribution in [2.75, 3.05) is 25.1 Å². The molecule has 2 heterocycles. The van der Waals surface area contributed by atoms with Gasteiger partial charge in [-0.25, -0.2) is 4.98 Å². The summed E-state index contributed by atoms with van der Waals surface area (Å²) in [5.74, 6) is 1.74. The first kappa shape index (κ1) is 12.6. The van der Waals surface area contributed by atoms with Crippen LogP contribution in [0.3, 0.4) is 0 Å². The largest absolute Gasteiger partial charge is 0.495 e. The van der Waals surface area contributed by atoms with Gasteiger partial charge < -0.3 is 14.4 Å². The van der Waals surface area contributed by atoms with Gasteiger partial charge in [0.05, 0.1) is 23.8 Å². The summed E-state index contributed by atoms with van der Waals surface area (Å²) in [5.41, 5.74) is 0. The van der Waals surface area contributed by atoms with Crippen molar-refractivity contribution in [2.24, 2.45) is 0 Å². The minimum absolute atomic E-state index is 0.232. The van der Waals surface area contributed by atoms with E-state index in [1.807, 2.05) is 6.07 Å². The number of hydrogen-bond acceptors (Lipinski definition) is 4. The molecule has 0 bridgehead atoms. The molecule has 0 amide bonds. The Morgan fingerprint density at radius 2 is 2.06 bits per heavy atom. The summed E-state index contributed by atoms with van der Waals surface area (Å²) in [6.07, 6.45) is 2.24. The summed E-state index contributed by atoms with van der Waals surface area (Å²) in [5, 5.41) is 0. The number of hydrogen-bond donors (Lipinski definition) is 0. The van der Waals surface area contributed by atoms with Gasteiger partial charge in [-0.05, 0) is 29.8 Å². The molecule has 1 aliphatic rings. The summed E-state index contributed by atoms with van der Waals surface area (Å²) < 4.78 is 11.9. The molecule has 1 aromatic heterocycles. The van der Waals surface area contributed by atoms with Crippen molar-refractivity contribution in [1.82, 2.24) is 4.98 Å². The average molecular weight is 301 g/mol. The van der Waals surface area contributed by atoms with Crippen LogP contribution >= 0.6 is 15.9 Å². The molecule has 5 heteroatoms. The van der Waals surface area contributed by atoms with Gasteiger partial charge in [0.1, 0.15) is 11.6 Å². The second kappa shape index (κ2) is 5.23. The highest BCUT2D eigenvalue weighted by Gasteiger charge is 2.23. The van der Waals surface area contributed by atoms with Crippen molar-refractivity contribution in [3.05, 3.63) is 16.7 Å². The van der Waals surface area contributed by atoms with E-state index in [9.17, 15) is 0 Å². The number of methoxy groups -OCH3 is 1. The summed E-state index contributed by atoms with van der Waals surface area (Å²) in [7, 11) is 1.66. The Morgan fingerprint density at radius 3 is 2.65 bits per heavy atom. The Hall–Kier alpha value is -0.810. The molecular weight excluding hydrogens is 284 g/mol. The molecule has 1 saturated heterocycles. The van der Waals surface area contributed by atoms with E-state index in [4.69, 9.17) is 9.47 Å². The smallest absolute Gasteiger partial charge is 0.138 e. The van der Waals surface area contributed by atoms with Gasteiger partial charge in [0.2, 0.25) is 0 Å². The molecule has 0 radical (unpaired) electrons. The van der Waals surface area contributed by atoms with E-state index in [-0.39, 0.29) is 12.2 Å². The Bertz CT molecular complexity index is 390. The number of aromatic nitrogens is 1. The van der Waals surface area contributed by atoms with Crippen molar-refractivity contribution < 1.29 is 9.47 Å². The van der Waals surface area contributed by atoms with E-state index in [0.29, 0.717) is 0 Å². The summed E-state index contributed by atoms with van der Waals surface area (Å²) in [6, 6.07) is 1.95. The standard InChI is InChI=1S/C12H17BrN2O2/c1-8-6-15(7-9(2)17-8)12-4-11(16-3)10(13)5-14-12/h4-5,8-9H,6-7H2,1-3H3/t8-,9+. The van der Waals surface area contributed by atoms with Crippen LogP contribution in [-0.4, -0.2) is 37.4 Å². The zero-order chi connectivity index (χ0) is 12.4. The highest BCUT2D eigenvalue weighted by atomic mass is 79.9. The lowest BCUT2D eigenvalue weighted by atomic mass is 10.2. The summed E-state index contributed by atoms with van der Waals surface area (Å²) in [4.78, 5) is 6.65. The fourth-order valence-corrected chi connectivity index (χ4v) is 2.48. The first-order valence-corrected chi connectivity index (χ1v) is 6.49. The maximum atomic E-state index is 5.71. The highest BCUT2D eigenvalue weighted by molar-refractivity contribution is 9.10. The average Bonchev–Trinajstić information content (AvgIpc) is 2.28. The molecule has 94 valence electrons. The van der Waals surface area contributed by atoms with Crippen LogP contribution in [0.15, 0.2) is 16.7 Å². The molecule has 0 spiro atoms. The monoisotopic (exact) mass is 300 g/mol. The van der Waals surface area contributed by atoms with Crippen molar-refractivity contribution in [3.63, 3.8) is 0 Å². The molecule has 0 aromatic carbocycles. The lowest BCUT2D eigenvalue weighted by Gasteiger charge is -2.36. The lowest BCUT2D eigenvalue weighted by Crippen LogP contribution is -2.45. The molecule has 1 aliphatic heterocycles. The van der Waals surface area contributed by atoms with Crippen LogP contribution in [0.4, 0.5) is 5.82 Å². The third-order valence-corrected chi connectivity index (χ3v) is 3.36. The summed E-state index contributed by atoms with van der Waals surface area (Å²) >= 11 is 3.41. The van der Waals surface area contributed by atoms with E-state index in [2.05, 4.69) is 39.7 Å². The number of anilines is 1. The maximum Gasteiger partial charge on any atom is 0.138 e. The van der Waals surface area contributed by atoms with Gasteiger partial charge in [0.25, 0.3) is 0 Å². The van der Waals surface area contributed by atoms with Crippen LogP contribution in [0, 0.1) is 0 Å². The molecule has 4 nitrogen and oxygen atoms in total. The van der Waals surface area contributed by atoms with Crippen molar-refractivity contribution in [3.8, 4) is 5.75 Å². The van der Waals surface area contributed by atoms with Gasteiger partial charge in [-0.3, -0.25) is 0 Å². The topological polar surface area (TPSA) is 34.6 Å². The van der Waals surface area contributed by atoms with Crippen LogP contribution in [0.5, 0.6) is 5.75 Å². The second-order valence-electron chi connectivity index (χ2n) is 4.34. The van der Waals surface area contributed by atoms with Crippen molar-refractivity contribution in [2.45, 2.75) is 26.1 Å². The highest BCUT2D eigenvalue weighted by Crippen LogP contribution is 2.28. The minimum Gasteiger partial charge on any atom is -0.495 e. The van der Waals surface area contributed by atoms with E-state index in [1.54, 1.807) is 13.3 Å². The Kier molecular flexibility index (Phi) is 3.89. The third-order valence-electron chi connectivity index (χ3n) is 2.77. The van der Waals surface area contributed by atoms with Crippen LogP contribution in [-0.2, 0) is 4.74 Å². The molecule has 17 heavy (non-hydrogen) atoms. The normalized spacial score (nSPS) is 24.8. The molecule has 0 N–H and O–H groups in total. The van der Waals surface area contributed by atoms with Crippen LogP contribution < -0.4 is 9.64 Å². The van der Waals surface area contributed by atoms with Gasteiger partial charge >= 0.3 is 0 Å².